The number of fused-ring (bicyclic) bond motifs is 1. The van der Waals surface area contributed by atoms with Gasteiger partial charge < -0.3 is 5.32 Å². The van der Waals surface area contributed by atoms with Crippen LogP contribution in [0, 0.1) is 0 Å². The standard InChI is InChI=1S/C13H15ClN2S2/c1-2-9(13-15-5-6-17-13)16-10-3-4-11-8(10)7-12(14)18-11/h5-7,9-10,16H,2-4H2,1H3. The molecule has 2 aromatic heterocycles. The van der Waals surface area contributed by atoms with Gasteiger partial charge in [0.2, 0.25) is 0 Å². The van der Waals surface area contributed by atoms with Gasteiger partial charge in [0.15, 0.2) is 0 Å². The van der Waals surface area contributed by atoms with Crippen molar-refractivity contribution in [1.82, 2.24) is 10.3 Å². The molecule has 3 rings (SSSR count). The zero-order chi connectivity index (χ0) is 12.5. The number of halogens is 1. The Hall–Kier alpha value is -0.420. The number of nitrogens with zero attached hydrogens (tertiary/aromatic N) is 1. The molecule has 0 bridgehead atoms. The first-order valence-corrected chi connectivity index (χ1v) is 8.29. The van der Waals surface area contributed by atoms with Crippen molar-refractivity contribution in [3.05, 3.63) is 37.4 Å². The van der Waals surface area contributed by atoms with Crippen LogP contribution in [-0.2, 0) is 6.42 Å². The largest absolute Gasteiger partial charge is 0.301 e. The van der Waals surface area contributed by atoms with Crippen LogP contribution in [0.2, 0.25) is 4.34 Å². The van der Waals surface area contributed by atoms with Crippen LogP contribution in [0.25, 0.3) is 0 Å². The van der Waals surface area contributed by atoms with Gasteiger partial charge in [0.05, 0.1) is 10.4 Å². The minimum Gasteiger partial charge on any atom is -0.301 e. The van der Waals surface area contributed by atoms with E-state index in [1.807, 2.05) is 11.6 Å². The van der Waals surface area contributed by atoms with Gasteiger partial charge in [-0.25, -0.2) is 4.98 Å². The zero-order valence-corrected chi connectivity index (χ0v) is 12.5. The molecule has 2 aromatic rings. The summed E-state index contributed by atoms with van der Waals surface area (Å²) in [6, 6.07) is 2.93. The summed E-state index contributed by atoms with van der Waals surface area (Å²) in [5, 5.41) is 6.96. The van der Waals surface area contributed by atoms with Gasteiger partial charge >= 0.3 is 0 Å². The van der Waals surface area contributed by atoms with Crippen molar-refractivity contribution in [3.8, 4) is 0 Å². The quantitative estimate of drug-likeness (QED) is 0.893. The highest BCUT2D eigenvalue weighted by Gasteiger charge is 2.27. The molecule has 0 saturated carbocycles. The minimum atomic E-state index is 0.361. The molecule has 0 spiro atoms. The molecule has 96 valence electrons. The van der Waals surface area contributed by atoms with E-state index in [0.717, 1.165) is 17.2 Å². The molecule has 0 aromatic carbocycles. The highest BCUT2D eigenvalue weighted by atomic mass is 35.5. The normalized spacial score (nSPS) is 20.0. The van der Waals surface area contributed by atoms with Crippen molar-refractivity contribution in [2.75, 3.05) is 0 Å². The van der Waals surface area contributed by atoms with Crippen molar-refractivity contribution in [2.24, 2.45) is 0 Å². The summed E-state index contributed by atoms with van der Waals surface area (Å²) in [5.41, 5.74) is 1.40. The molecule has 1 aliphatic rings. The van der Waals surface area contributed by atoms with E-state index in [1.165, 1.54) is 21.9 Å². The monoisotopic (exact) mass is 298 g/mol. The molecule has 1 N–H and O–H groups in total. The van der Waals surface area contributed by atoms with Crippen LogP contribution in [0.4, 0.5) is 0 Å². The number of hydrogen-bond donors (Lipinski definition) is 1. The number of aromatic nitrogens is 1. The number of thiazole rings is 1. The second-order valence-electron chi connectivity index (χ2n) is 4.52. The second-order valence-corrected chi connectivity index (χ2v) is 7.21. The molecule has 2 nitrogen and oxygen atoms in total. The first-order valence-electron chi connectivity index (χ1n) is 6.21. The SMILES string of the molecule is CCC(NC1CCc2sc(Cl)cc21)c1nccs1. The summed E-state index contributed by atoms with van der Waals surface area (Å²) in [6.45, 7) is 2.20. The highest BCUT2D eigenvalue weighted by Crippen LogP contribution is 2.40. The second kappa shape index (κ2) is 5.29. The number of nitrogens with one attached hydrogen (secondary N) is 1. The molecule has 0 aliphatic heterocycles. The molecular weight excluding hydrogens is 284 g/mol. The van der Waals surface area contributed by atoms with Gasteiger partial charge in [-0.1, -0.05) is 18.5 Å². The van der Waals surface area contributed by atoms with E-state index in [9.17, 15) is 0 Å². The van der Waals surface area contributed by atoms with E-state index in [2.05, 4.69) is 23.3 Å². The van der Waals surface area contributed by atoms with Gasteiger partial charge in [-0.15, -0.1) is 22.7 Å². The van der Waals surface area contributed by atoms with E-state index < -0.39 is 0 Å². The Morgan fingerprint density at radius 1 is 1.61 bits per heavy atom. The fourth-order valence-electron chi connectivity index (χ4n) is 2.52. The lowest BCUT2D eigenvalue weighted by molar-refractivity contribution is 0.432. The van der Waals surface area contributed by atoms with E-state index >= 15 is 0 Å². The lowest BCUT2D eigenvalue weighted by Gasteiger charge is -2.20. The van der Waals surface area contributed by atoms with Gasteiger partial charge in [-0.3, -0.25) is 0 Å². The van der Waals surface area contributed by atoms with Crippen molar-refractivity contribution in [2.45, 2.75) is 38.3 Å². The Balaban J connectivity index is 1.77. The summed E-state index contributed by atoms with van der Waals surface area (Å²) in [7, 11) is 0. The third-order valence-corrected chi connectivity index (χ3v) is 5.64. The van der Waals surface area contributed by atoms with E-state index in [-0.39, 0.29) is 0 Å². The molecule has 0 fully saturated rings. The smallest absolute Gasteiger partial charge is 0.109 e. The third-order valence-electron chi connectivity index (χ3n) is 3.41. The number of aryl methyl sites for hydroxylation is 1. The summed E-state index contributed by atoms with van der Waals surface area (Å²) in [5.74, 6) is 0. The Labute approximate surface area is 120 Å². The summed E-state index contributed by atoms with van der Waals surface area (Å²) < 4.78 is 0.911. The van der Waals surface area contributed by atoms with E-state index in [4.69, 9.17) is 11.6 Å². The van der Waals surface area contributed by atoms with Gasteiger partial charge in [0.1, 0.15) is 5.01 Å². The summed E-state index contributed by atoms with van der Waals surface area (Å²) in [4.78, 5) is 5.87. The zero-order valence-electron chi connectivity index (χ0n) is 10.1. The molecule has 2 atom stereocenters. The van der Waals surface area contributed by atoms with Gasteiger partial charge in [-0.05, 0) is 30.9 Å². The fraction of sp³-hybridized carbons (Fsp3) is 0.462. The van der Waals surface area contributed by atoms with Crippen LogP contribution in [0.1, 0.15) is 47.3 Å². The molecule has 18 heavy (non-hydrogen) atoms. The maximum Gasteiger partial charge on any atom is 0.109 e. The van der Waals surface area contributed by atoms with Gasteiger partial charge in [0.25, 0.3) is 0 Å². The molecule has 0 radical (unpaired) electrons. The number of thiophene rings is 1. The molecule has 2 heterocycles. The van der Waals surface area contributed by atoms with Crippen LogP contribution in [-0.4, -0.2) is 4.98 Å². The number of hydrogen-bond acceptors (Lipinski definition) is 4. The number of rotatable bonds is 4. The topological polar surface area (TPSA) is 24.9 Å². The lowest BCUT2D eigenvalue weighted by Crippen LogP contribution is -2.24. The third kappa shape index (κ3) is 2.35. The molecular formula is C13H15ClN2S2. The highest BCUT2D eigenvalue weighted by molar-refractivity contribution is 7.16. The Morgan fingerprint density at radius 3 is 3.22 bits per heavy atom. The van der Waals surface area contributed by atoms with Crippen LogP contribution < -0.4 is 5.32 Å². The Morgan fingerprint density at radius 2 is 2.50 bits per heavy atom. The fourth-order valence-corrected chi connectivity index (χ4v) is 4.66. The maximum absolute atomic E-state index is 6.09. The van der Waals surface area contributed by atoms with Crippen LogP contribution in [0.15, 0.2) is 17.6 Å². The van der Waals surface area contributed by atoms with E-state index in [1.54, 1.807) is 22.7 Å². The molecule has 2 unspecified atom stereocenters. The predicted octanol–water partition coefficient (Wildman–Crippen LogP) is 4.59. The van der Waals surface area contributed by atoms with Crippen LogP contribution in [0.3, 0.4) is 0 Å². The lowest BCUT2D eigenvalue weighted by atomic mass is 10.1. The summed E-state index contributed by atoms with van der Waals surface area (Å²) in [6.07, 6.45) is 5.28. The average molecular weight is 299 g/mol. The predicted molar refractivity (Wildman–Crippen MR) is 78.7 cm³/mol. The average Bonchev–Trinajstić information content (AvgIpc) is 3.03. The summed E-state index contributed by atoms with van der Waals surface area (Å²) >= 11 is 9.55. The first kappa shape index (κ1) is 12.6. The van der Waals surface area contributed by atoms with Crippen LogP contribution >= 0.6 is 34.3 Å². The van der Waals surface area contributed by atoms with E-state index in [0.29, 0.717) is 12.1 Å². The minimum absolute atomic E-state index is 0.361. The first-order chi connectivity index (χ1) is 8.78. The van der Waals surface area contributed by atoms with Gasteiger partial charge in [-0.2, -0.15) is 0 Å². The van der Waals surface area contributed by atoms with Crippen molar-refractivity contribution >= 4 is 34.3 Å². The van der Waals surface area contributed by atoms with Crippen molar-refractivity contribution in [3.63, 3.8) is 0 Å². The Bertz CT molecular complexity index is 521. The van der Waals surface area contributed by atoms with Crippen LogP contribution in [0.5, 0.6) is 0 Å². The molecule has 0 saturated heterocycles. The molecule has 1 aliphatic carbocycles. The van der Waals surface area contributed by atoms with Gasteiger partial charge in [0, 0.05) is 22.5 Å². The Kier molecular flexibility index (Phi) is 3.71. The van der Waals surface area contributed by atoms with Crippen molar-refractivity contribution < 1.29 is 0 Å². The molecule has 0 amide bonds. The van der Waals surface area contributed by atoms with Crippen molar-refractivity contribution in [1.29, 1.82) is 0 Å². The molecule has 5 heteroatoms. The maximum atomic E-state index is 6.09.